The molecule has 4 nitrogen and oxygen atoms in total. The van der Waals surface area contributed by atoms with Gasteiger partial charge in [0.25, 0.3) is 0 Å². The van der Waals surface area contributed by atoms with Crippen molar-refractivity contribution in [3.05, 3.63) is 0 Å². The van der Waals surface area contributed by atoms with Gasteiger partial charge in [0.1, 0.15) is 0 Å². The second-order valence-electron chi connectivity index (χ2n) is 4.67. The van der Waals surface area contributed by atoms with Crippen molar-refractivity contribution in [1.29, 1.82) is 0 Å². The van der Waals surface area contributed by atoms with Gasteiger partial charge in [-0.05, 0) is 26.2 Å². The molecular weight excluding hydrogens is 202 g/mol. The fraction of sp³-hybridized carbons (Fsp3) is 1.00. The molecule has 2 aliphatic rings. The summed E-state index contributed by atoms with van der Waals surface area (Å²) in [4.78, 5) is 0. The molecule has 82 valence electrons. The molecule has 0 aromatic carbocycles. The van der Waals surface area contributed by atoms with Gasteiger partial charge in [-0.25, -0.2) is 8.42 Å². The second-order valence-corrected chi connectivity index (χ2v) is 7.11. The van der Waals surface area contributed by atoms with E-state index in [1.807, 2.05) is 0 Å². The number of rotatable bonds is 2. The Hall–Kier alpha value is -0.130. The normalized spacial score (nSPS) is 43.8. The van der Waals surface area contributed by atoms with Crippen molar-refractivity contribution < 1.29 is 13.5 Å². The summed E-state index contributed by atoms with van der Waals surface area (Å²) in [5.41, 5.74) is 4.25. The van der Waals surface area contributed by atoms with Gasteiger partial charge in [-0.15, -0.1) is 0 Å². The fourth-order valence-corrected chi connectivity index (χ4v) is 4.55. The van der Waals surface area contributed by atoms with Crippen molar-refractivity contribution in [2.75, 3.05) is 12.3 Å². The van der Waals surface area contributed by atoms with Crippen molar-refractivity contribution in [2.45, 2.75) is 37.0 Å². The molecule has 2 unspecified atom stereocenters. The first kappa shape index (κ1) is 10.4. The zero-order valence-corrected chi connectivity index (χ0v) is 9.18. The zero-order valence-electron chi connectivity index (χ0n) is 8.36. The van der Waals surface area contributed by atoms with E-state index in [4.69, 9.17) is 5.73 Å². The van der Waals surface area contributed by atoms with Crippen LogP contribution in [0.3, 0.4) is 0 Å². The first-order valence-electron chi connectivity index (χ1n) is 5.02. The molecule has 2 atom stereocenters. The van der Waals surface area contributed by atoms with E-state index in [1.165, 1.54) is 0 Å². The second kappa shape index (κ2) is 2.71. The van der Waals surface area contributed by atoms with E-state index in [0.29, 0.717) is 13.0 Å². The molecule has 0 bridgehead atoms. The summed E-state index contributed by atoms with van der Waals surface area (Å²) in [7, 11) is -3.09. The molecule has 0 radical (unpaired) electrons. The lowest BCUT2D eigenvalue weighted by Crippen LogP contribution is -2.49. The molecule has 3 N–H and O–H groups in total. The maximum atomic E-state index is 11.6. The van der Waals surface area contributed by atoms with E-state index in [9.17, 15) is 13.5 Å². The SMILES string of the molecule is CC1C(O)(C2(CN)CC2)CCS1(=O)=O. The summed E-state index contributed by atoms with van der Waals surface area (Å²) in [6.45, 7) is 2.00. The van der Waals surface area contributed by atoms with Gasteiger partial charge in [0.05, 0.1) is 16.6 Å². The molecule has 2 fully saturated rings. The zero-order chi connectivity index (χ0) is 10.6. The quantitative estimate of drug-likeness (QED) is 0.666. The molecule has 0 spiro atoms. The number of nitrogens with two attached hydrogens (primary N) is 1. The Bertz CT molecular complexity index is 347. The molecule has 1 aliphatic heterocycles. The van der Waals surface area contributed by atoms with Gasteiger partial charge in [-0.2, -0.15) is 0 Å². The fourth-order valence-electron chi connectivity index (χ4n) is 2.64. The molecule has 1 heterocycles. The third-order valence-electron chi connectivity index (χ3n) is 4.14. The smallest absolute Gasteiger partial charge is 0.155 e. The van der Waals surface area contributed by atoms with Crippen LogP contribution in [-0.4, -0.2) is 36.7 Å². The molecule has 0 aromatic heterocycles. The van der Waals surface area contributed by atoms with E-state index < -0.39 is 20.7 Å². The van der Waals surface area contributed by atoms with Gasteiger partial charge in [-0.1, -0.05) is 0 Å². The molecular formula is C9H17NO3S. The maximum Gasteiger partial charge on any atom is 0.155 e. The lowest BCUT2D eigenvalue weighted by atomic mass is 9.80. The monoisotopic (exact) mass is 219 g/mol. The Kier molecular flexibility index (Phi) is 2.01. The van der Waals surface area contributed by atoms with Crippen molar-refractivity contribution in [3.8, 4) is 0 Å². The molecule has 14 heavy (non-hydrogen) atoms. The molecule has 1 saturated carbocycles. The van der Waals surface area contributed by atoms with Gasteiger partial charge in [0.15, 0.2) is 9.84 Å². The lowest BCUT2D eigenvalue weighted by molar-refractivity contribution is -0.0246. The minimum atomic E-state index is -3.09. The highest BCUT2D eigenvalue weighted by atomic mass is 32.2. The van der Waals surface area contributed by atoms with Crippen LogP contribution in [0.2, 0.25) is 0 Å². The maximum absolute atomic E-state index is 11.6. The highest BCUT2D eigenvalue weighted by Gasteiger charge is 2.65. The Labute approximate surface area is 84.4 Å². The summed E-state index contributed by atoms with van der Waals surface area (Å²) >= 11 is 0. The van der Waals surface area contributed by atoms with Crippen molar-refractivity contribution >= 4 is 9.84 Å². The van der Waals surface area contributed by atoms with E-state index in [2.05, 4.69) is 0 Å². The van der Waals surface area contributed by atoms with Gasteiger partial charge in [0.2, 0.25) is 0 Å². The number of aliphatic hydroxyl groups is 1. The molecule has 1 aliphatic carbocycles. The van der Waals surface area contributed by atoms with Crippen LogP contribution in [0.5, 0.6) is 0 Å². The predicted octanol–water partition coefficient (Wildman–Crippen LogP) is -0.337. The van der Waals surface area contributed by atoms with Gasteiger partial charge in [0, 0.05) is 12.0 Å². The molecule has 5 heteroatoms. The Morgan fingerprint density at radius 3 is 2.29 bits per heavy atom. The van der Waals surface area contributed by atoms with E-state index in [0.717, 1.165) is 12.8 Å². The summed E-state index contributed by atoms with van der Waals surface area (Å²) in [5.74, 6) is 0.104. The van der Waals surface area contributed by atoms with Crippen LogP contribution >= 0.6 is 0 Å². The van der Waals surface area contributed by atoms with Crippen molar-refractivity contribution in [3.63, 3.8) is 0 Å². The first-order chi connectivity index (χ1) is 6.38. The highest BCUT2D eigenvalue weighted by molar-refractivity contribution is 7.92. The minimum Gasteiger partial charge on any atom is -0.388 e. The number of sulfone groups is 1. The van der Waals surface area contributed by atoms with E-state index >= 15 is 0 Å². The van der Waals surface area contributed by atoms with Crippen LogP contribution in [-0.2, 0) is 9.84 Å². The van der Waals surface area contributed by atoms with Crippen LogP contribution < -0.4 is 5.73 Å². The summed E-state index contributed by atoms with van der Waals surface area (Å²) < 4.78 is 23.1. The van der Waals surface area contributed by atoms with Crippen LogP contribution in [0.15, 0.2) is 0 Å². The van der Waals surface area contributed by atoms with E-state index in [-0.39, 0.29) is 11.2 Å². The topological polar surface area (TPSA) is 80.4 Å². The van der Waals surface area contributed by atoms with Crippen molar-refractivity contribution in [2.24, 2.45) is 11.1 Å². The van der Waals surface area contributed by atoms with Crippen LogP contribution in [0, 0.1) is 5.41 Å². The standard InChI is InChI=1S/C9H17NO3S/c1-7-9(11,4-5-14(7,12)13)8(6-10)2-3-8/h7,11H,2-6,10H2,1H3. The third kappa shape index (κ3) is 1.09. The largest absolute Gasteiger partial charge is 0.388 e. The summed E-state index contributed by atoms with van der Waals surface area (Å²) in [6, 6.07) is 0. The molecule has 1 saturated heterocycles. The van der Waals surface area contributed by atoms with Crippen LogP contribution in [0.25, 0.3) is 0 Å². The van der Waals surface area contributed by atoms with Gasteiger partial charge >= 0.3 is 0 Å². The highest BCUT2D eigenvalue weighted by Crippen LogP contribution is 2.58. The van der Waals surface area contributed by atoms with Gasteiger partial charge < -0.3 is 10.8 Å². The average Bonchev–Trinajstić information content (AvgIpc) is 2.90. The Morgan fingerprint density at radius 1 is 1.43 bits per heavy atom. The Balaban J connectivity index is 2.35. The number of hydrogen-bond acceptors (Lipinski definition) is 4. The average molecular weight is 219 g/mol. The molecule has 0 amide bonds. The minimum absolute atomic E-state index is 0.104. The lowest BCUT2D eigenvalue weighted by Gasteiger charge is -2.34. The summed E-state index contributed by atoms with van der Waals surface area (Å²) in [6.07, 6.45) is 2.08. The van der Waals surface area contributed by atoms with Crippen LogP contribution in [0.4, 0.5) is 0 Å². The van der Waals surface area contributed by atoms with Gasteiger partial charge in [-0.3, -0.25) is 0 Å². The van der Waals surface area contributed by atoms with Crippen molar-refractivity contribution in [1.82, 2.24) is 0 Å². The molecule has 2 rings (SSSR count). The third-order valence-corrected chi connectivity index (χ3v) is 6.38. The number of hydrogen-bond donors (Lipinski definition) is 2. The Morgan fingerprint density at radius 2 is 2.00 bits per heavy atom. The van der Waals surface area contributed by atoms with E-state index in [1.54, 1.807) is 6.92 Å². The summed E-state index contributed by atoms with van der Waals surface area (Å²) in [5, 5.41) is 9.77. The van der Waals surface area contributed by atoms with Crippen LogP contribution in [0.1, 0.15) is 26.2 Å². The first-order valence-corrected chi connectivity index (χ1v) is 6.74. The molecule has 0 aromatic rings. The predicted molar refractivity (Wildman–Crippen MR) is 53.5 cm³/mol.